The topological polar surface area (TPSA) is 55.1 Å². The number of nitrogens with two attached hydrogens (primary N) is 1. The summed E-state index contributed by atoms with van der Waals surface area (Å²) < 4.78 is 0. The molecule has 0 heterocycles. The molecule has 3 nitrogen and oxygen atoms in total. The van der Waals surface area contributed by atoms with Crippen LogP contribution in [0, 0.1) is 6.92 Å². The molecule has 0 aliphatic carbocycles. The van der Waals surface area contributed by atoms with Crippen LogP contribution in [-0.4, -0.2) is 11.9 Å². The Kier molecular flexibility index (Phi) is 4.50. The highest BCUT2D eigenvalue weighted by molar-refractivity contribution is 5.81. The Morgan fingerprint density at radius 3 is 2.44 bits per heavy atom. The minimum atomic E-state index is -0.409. The Balaban J connectivity index is 2.62. The smallest absolute Gasteiger partial charge is 0.237 e. The summed E-state index contributed by atoms with van der Waals surface area (Å²) in [5.74, 6) is -0.0874. The third-order valence-electron chi connectivity index (χ3n) is 2.71. The van der Waals surface area contributed by atoms with Crippen LogP contribution in [0.15, 0.2) is 24.3 Å². The quantitative estimate of drug-likeness (QED) is 0.814. The highest BCUT2D eigenvalue weighted by Crippen LogP contribution is 2.13. The predicted octanol–water partition coefficient (Wildman–Crippen LogP) is 1.91. The SMILES string of the molecule is CC[C@H](N)C(=O)NC(C)c1ccc(C)cc1. The maximum atomic E-state index is 11.6. The summed E-state index contributed by atoms with van der Waals surface area (Å²) in [6, 6.07) is 7.73. The van der Waals surface area contributed by atoms with E-state index in [1.54, 1.807) is 0 Å². The van der Waals surface area contributed by atoms with Gasteiger partial charge >= 0.3 is 0 Å². The van der Waals surface area contributed by atoms with Gasteiger partial charge in [-0.25, -0.2) is 0 Å². The van der Waals surface area contributed by atoms with Crippen molar-refractivity contribution in [3.8, 4) is 0 Å². The molecule has 0 aliphatic rings. The van der Waals surface area contributed by atoms with Crippen LogP contribution in [0.4, 0.5) is 0 Å². The van der Waals surface area contributed by atoms with E-state index in [0.717, 1.165) is 5.56 Å². The molecule has 0 fully saturated rings. The summed E-state index contributed by atoms with van der Waals surface area (Å²) >= 11 is 0. The predicted molar refractivity (Wildman–Crippen MR) is 66.0 cm³/mol. The maximum Gasteiger partial charge on any atom is 0.237 e. The molecule has 1 amide bonds. The molecule has 88 valence electrons. The molecule has 0 radical (unpaired) electrons. The van der Waals surface area contributed by atoms with Crippen LogP contribution >= 0.6 is 0 Å². The molecule has 0 saturated carbocycles. The minimum Gasteiger partial charge on any atom is -0.348 e. The number of carbonyl (C=O) groups is 1. The first-order valence-electron chi connectivity index (χ1n) is 5.67. The van der Waals surface area contributed by atoms with E-state index in [2.05, 4.69) is 5.32 Å². The Bertz CT molecular complexity index is 345. The van der Waals surface area contributed by atoms with Crippen molar-refractivity contribution >= 4 is 5.91 Å². The molecular formula is C13H20N2O. The lowest BCUT2D eigenvalue weighted by atomic mass is 10.1. The fourth-order valence-corrected chi connectivity index (χ4v) is 1.44. The van der Waals surface area contributed by atoms with Crippen molar-refractivity contribution in [3.63, 3.8) is 0 Å². The van der Waals surface area contributed by atoms with E-state index in [1.807, 2.05) is 45.0 Å². The number of nitrogens with one attached hydrogen (secondary N) is 1. The zero-order chi connectivity index (χ0) is 12.1. The van der Waals surface area contributed by atoms with Crippen molar-refractivity contribution in [2.24, 2.45) is 5.73 Å². The van der Waals surface area contributed by atoms with Gasteiger partial charge in [0, 0.05) is 0 Å². The number of aryl methyl sites for hydroxylation is 1. The molecule has 1 unspecified atom stereocenters. The van der Waals surface area contributed by atoms with Gasteiger partial charge in [-0.15, -0.1) is 0 Å². The van der Waals surface area contributed by atoms with Crippen molar-refractivity contribution in [3.05, 3.63) is 35.4 Å². The van der Waals surface area contributed by atoms with E-state index in [-0.39, 0.29) is 11.9 Å². The molecule has 0 saturated heterocycles. The number of amides is 1. The van der Waals surface area contributed by atoms with Crippen molar-refractivity contribution in [2.45, 2.75) is 39.3 Å². The summed E-state index contributed by atoms with van der Waals surface area (Å²) in [6.07, 6.45) is 0.659. The second-order valence-corrected chi connectivity index (χ2v) is 4.16. The number of carbonyl (C=O) groups excluding carboxylic acids is 1. The summed E-state index contributed by atoms with van der Waals surface area (Å²) in [7, 11) is 0. The van der Waals surface area contributed by atoms with E-state index < -0.39 is 6.04 Å². The second kappa shape index (κ2) is 5.66. The first-order chi connectivity index (χ1) is 7.54. The highest BCUT2D eigenvalue weighted by atomic mass is 16.2. The Hall–Kier alpha value is -1.35. The van der Waals surface area contributed by atoms with Gasteiger partial charge < -0.3 is 11.1 Å². The van der Waals surface area contributed by atoms with Crippen LogP contribution in [0.25, 0.3) is 0 Å². The largest absolute Gasteiger partial charge is 0.348 e. The van der Waals surface area contributed by atoms with Gasteiger partial charge in [-0.1, -0.05) is 36.8 Å². The van der Waals surface area contributed by atoms with Crippen molar-refractivity contribution < 1.29 is 4.79 Å². The van der Waals surface area contributed by atoms with Crippen LogP contribution in [0.2, 0.25) is 0 Å². The normalized spacial score (nSPS) is 14.2. The zero-order valence-corrected chi connectivity index (χ0v) is 10.2. The second-order valence-electron chi connectivity index (χ2n) is 4.16. The molecular weight excluding hydrogens is 200 g/mol. The molecule has 2 atom stereocenters. The fraction of sp³-hybridized carbons (Fsp3) is 0.462. The number of rotatable bonds is 4. The van der Waals surface area contributed by atoms with E-state index in [0.29, 0.717) is 6.42 Å². The van der Waals surface area contributed by atoms with E-state index >= 15 is 0 Å². The molecule has 3 heteroatoms. The van der Waals surface area contributed by atoms with Gasteiger partial charge in [-0.2, -0.15) is 0 Å². The Morgan fingerprint density at radius 1 is 1.38 bits per heavy atom. The lowest BCUT2D eigenvalue weighted by Gasteiger charge is -2.17. The third-order valence-corrected chi connectivity index (χ3v) is 2.71. The first kappa shape index (κ1) is 12.7. The summed E-state index contributed by atoms with van der Waals surface area (Å²) in [4.78, 5) is 11.6. The number of benzene rings is 1. The lowest BCUT2D eigenvalue weighted by molar-refractivity contribution is -0.123. The van der Waals surface area contributed by atoms with E-state index in [9.17, 15) is 4.79 Å². The maximum absolute atomic E-state index is 11.6. The van der Waals surface area contributed by atoms with Crippen LogP contribution in [-0.2, 0) is 4.79 Å². The van der Waals surface area contributed by atoms with Gasteiger partial charge in [-0.3, -0.25) is 4.79 Å². The summed E-state index contributed by atoms with van der Waals surface area (Å²) in [5, 5.41) is 2.90. The number of hydrogen-bond acceptors (Lipinski definition) is 2. The molecule has 0 spiro atoms. The Morgan fingerprint density at radius 2 is 1.94 bits per heavy atom. The van der Waals surface area contributed by atoms with Gasteiger partial charge in [0.25, 0.3) is 0 Å². The standard InChI is InChI=1S/C13H20N2O/c1-4-12(14)13(16)15-10(3)11-7-5-9(2)6-8-11/h5-8,10,12H,4,14H2,1-3H3,(H,15,16)/t10?,12-/m0/s1. The van der Waals surface area contributed by atoms with Gasteiger partial charge in [-0.05, 0) is 25.8 Å². The van der Waals surface area contributed by atoms with E-state index in [4.69, 9.17) is 5.73 Å². The first-order valence-corrected chi connectivity index (χ1v) is 5.67. The minimum absolute atomic E-state index is 0.00528. The zero-order valence-electron chi connectivity index (χ0n) is 10.2. The van der Waals surface area contributed by atoms with Crippen molar-refractivity contribution in [1.29, 1.82) is 0 Å². The molecule has 1 aromatic rings. The molecule has 0 aromatic heterocycles. The molecule has 3 N–H and O–H groups in total. The monoisotopic (exact) mass is 220 g/mol. The van der Waals surface area contributed by atoms with Gasteiger partial charge in [0.05, 0.1) is 12.1 Å². The molecule has 1 aromatic carbocycles. The number of hydrogen-bond donors (Lipinski definition) is 2. The van der Waals surface area contributed by atoms with Gasteiger partial charge in [0.2, 0.25) is 5.91 Å². The summed E-state index contributed by atoms with van der Waals surface area (Å²) in [6.45, 7) is 5.91. The van der Waals surface area contributed by atoms with Crippen LogP contribution in [0.1, 0.15) is 37.4 Å². The van der Waals surface area contributed by atoms with Gasteiger partial charge in [0.15, 0.2) is 0 Å². The average Bonchev–Trinajstić information content (AvgIpc) is 2.28. The van der Waals surface area contributed by atoms with E-state index in [1.165, 1.54) is 5.56 Å². The average molecular weight is 220 g/mol. The van der Waals surface area contributed by atoms with Crippen LogP contribution in [0.3, 0.4) is 0 Å². The fourth-order valence-electron chi connectivity index (χ4n) is 1.44. The van der Waals surface area contributed by atoms with Crippen LogP contribution < -0.4 is 11.1 Å². The van der Waals surface area contributed by atoms with Crippen molar-refractivity contribution in [1.82, 2.24) is 5.32 Å². The molecule has 0 aliphatic heterocycles. The van der Waals surface area contributed by atoms with Gasteiger partial charge in [0.1, 0.15) is 0 Å². The molecule has 1 rings (SSSR count). The third kappa shape index (κ3) is 3.35. The van der Waals surface area contributed by atoms with Crippen LogP contribution in [0.5, 0.6) is 0 Å². The Labute approximate surface area is 97.0 Å². The molecule has 16 heavy (non-hydrogen) atoms. The van der Waals surface area contributed by atoms with Crippen molar-refractivity contribution in [2.75, 3.05) is 0 Å². The molecule has 0 bridgehead atoms. The summed E-state index contributed by atoms with van der Waals surface area (Å²) in [5.41, 5.74) is 7.97. The lowest BCUT2D eigenvalue weighted by Crippen LogP contribution is -2.41. The highest BCUT2D eigenvalue weighted by Gasteiger charge is 2.14.